The Morgan fingerprint density at radius 1 is 1.27 bits per heavy atom. The molecule has 1 aromatic rings. The van der Waals surface area contributed by atoms with Gasteiger partial charge in [-0.1, -0.05) is 48.8 Å². The first-order chi connectivity index (χ1) is 7.11. The highest BCUT2D eigenvalue weighted by Gasteiger charge is 2.09. The summed E-state index contributed by atoms with van der Waals surface area (Å²) in [5.41, 5.74) is 2.12. The molecule has 0 spiro atoms. The zero-order valence-electron chi connectivity index (χ0n) is 9.62. The molecule has 15 heavy (non-hydrogen) atoms. The second-order valence-corrected chi connectivity index (χ2v) is 3.83. The van der Waals surface area contributed by atoms with Gasteiger partial charge in [-0.05, 0) is 32.2 Å². The van der Waals surface area contributed by atoms with E-state index in [-0.39, 0.29) is 6.04 Å². The largest absolute Gasteiger partial charge is 0.292 e. The van der Waals surface area contributed by atoms with Gasteiger partial charge >= 0.3 is 0 Å². The van der Waals surface area contributed by atoms with Crippen LogP contribution in [0.2, 0.25) is 0 Å². The third-order valence-corrected chi connectivity index (χ3v) is 2.05. The van der Waals surface area contributed by atoms with Gasteiger partial charge in [-0.2, -0.15) is 0 Å². The Kier molecular flexibility index (Phi) is 4.15. The molecule has 0 heterocycles. The number of benzene rings is 1. The lowest BCUT2D eigenvalue weighted by atomic mass is 10.1. The average Bonchev–Trinajstić information content (AvgIpc) is 2.18. The van der Waals surface area contributed by atoms with Crippen molar-refractivity contribution in [2.75, 3.05) is 14.1 Å². The van der Waals surface area contributed by atoms with Crippen LogP contribution in [0, 0.1) is 11.8 Å². The molecule has 0 saturated heterocycles. The van der Waals surface area contributed by atoms with Crippen molar-refractivity contribution in [1.82, 2.24) is 4.90 Å². The van der Waals surface area contributed by atoms with E-state index in [1.165, 1.54) is 5.56 Å². The van der Waals surface area contributed by atoms with E-state index >= 15 is 0 Å². The van der Waals surface area contributed by atoms with Gasteiger partial charge < -0.3 is 0 Å². The summed E-state index contributed by atoms with van der Waals surface area (Å²) in [5, 5.41) is 0. The fraction of sp³-hybridized carbons (Fsp3) is 0.286. The maximum Gasteiger partial charge on any atom is 0.0969 e. The normalized spacial score (nSPS) is 11.7. The smallest absolute Gasteiger partial charge is 0.0969 e. The lowest BCUT2D eigenvalue weighted by Gasteiger charge is -2.19. The van der Waals surface area contributed by atoms with Crippen molar-refractivity contribution in [3.05, 3.63) is 48.0 Å². The van der Waals surface area contributed by atoms with Crippen LogP contribution in [0.5, 0.6) is 0 Å². The summed E-state index contributed by atoms with van der Waals surface area (Å²) in [7, 11) is 4.07. The highest BCUT2D eigenvalue weighted by atomic mass is 15.1. The summed E-state index contributed by atoms with van der Waals surface area (Å²) in [6, 6.07) is 10.4. The molecule has 0 saturated carbocycles. The van der Waals surface area contributed by atoms with Crippen molar-refractivity contribution in [3.63, 3.8) is 0 Å². The predicted octanol–water partition coefficient (Wildman–Crippen LogP) is 2.87. The topological polar surface area (TPSA) is 3.24 Å². The first-order valence-corrected chi connectivity index (χ1v) is 4.99. The van der Waals surface area contributed by atoms with Gasteiger partial charge in [0.2, 0.25) is 0 Å². The van der Waals surface area contributed by atoms with E-state index in [0.717, 1.165) is 5.57 Å². The summed E-state index contributed by atoms with van der Waals surface area (Å²) >= 11 is 0. The maximum atomic E-state index is 3.79. The minimum atomic E-state index is 0.142. The molecular formula is C14H17N. The van der Waals surface area contributed by atoms with E-state index in [0.29, 0.717) is 0 Å². The molecule has 1 heteroatoms. The molecule has 78 valence electrons. The number of nitrogens with zero attached hydrogens (tertiary/aromatic N) is 1. The van der Waals surface area contributed by atoms with Crippen LogP contribution in [-0.2, 0) is 0 Å². The van der Waals surface area contributed by atoms with Gasteiger partial charge in [-0.15, -0.1) is 0 Å². The minimum absolute atomic E-state index is 0.142. The maximum absolute atomic E-state index is 3.79. The first kappa shape index (κ1) is 11.6. The van der Waals surface area contributed by atoms with Crippen LogP contribution < -0.4 is 0 Å². The Morgan fingerprint density at radius 3 is 2.33 bits per heavy atom. The minimum Gasteiger partial charge on any atom is -0.292 e. The summed E-state index contributed by atoms with van der Waals surface area (Å²) in [6.07, 6.45) is 0. The number of hydrogen-bond acceptors (Lipinski definition) is 1. The summed E-state index contributed by atoms with van der Waals surface area (Å²) < 4.78 is 0. The zero-order valence-corrected chi connectivity index (χ0v) is 9.62. The number of rotatable bonds is 2. The van der Waals surface area contributed by atoms with Crippen molar-refractivity contribution < 1.29 is 0 Å². The zero-order chi connectivity index (χ0) is 11.3. The fourth-order valence-corrected chi connectivity index (χ4v) is 1.34. The van der Waals surface area contributed by atoms with Crippen LogP contribution in [0.4, 0.5) is 0 Å². The third-order valence-electron chi connectivity index (χ3n) is 2.05. The van der Waals surface area contributed by atoms with Gasteiger partial charge in [0.05, 0.1) is 6.04 Å². The van der Waals surface area contributed by atoms with Crippen LogP contribution in [0.3, 0.4) is 0 Å². The SMILES string of the molecule is C=C(C)C#CC(c1ccccc1)N(C)C. The molecular weight excluding hydrogens is 182 g/mol. The number of allylic oxidation sites excluding steroid dienone is 1. The molecule has 0 aliphatic carbocycles. The van der Waals surface area contributed by atoms with Crippen molar-refractivity contribution >= 4 is 0 Å². The van der Waals surface area contributed by atoms with E-state index in [1.54, 1.807) is 0 Å². The highest BCUT2D eigenvalue weighted by molar-refractivity contribution is 5.32. The lowest BCUT2D eigenvalue weighted by molar-refractivity contribution is 0.361. The van der Waals surface area contributed by atoms with Crippen molar-refractivity contribution in [2.45, 2.75) is 13.0 Å². The molecule has 0 aliphatic heterocycles. The quantitative estimate of drug-likeness (QED) is 0.662. The number of hydrogen-bond donors (Lipinski definition) is 0. The van der Waals surface area contributed by atoms with Crippen LogP contribution in [0.15, 0.2) is 42.5 Å². The fourth-order valence-electron chi connectivity index (χ4n) is 1.34. The van der Waals surface area contributed by atoms with E-state index in [4.69, 9.17) is 0 Å². The van der Waals surface area contributed by atoms with Crippen LogP contribution in [0.25, 0.3) is 0 Å². The van der Waals surface area contributed by atoms with E-state index < -0.39 is 0 Å². The molecule has 0 radical (unpaired) electrons. The van der Waals surface area contributed by atoms with Gasteiger partial charge in [0.15, 0.2) is 0 Å². The summed E-state index contributed by atoms with van der Waals surface area (Å²) in [5.74, 6) is 6.25. The van der Waals surface area contributed by atoms with Gasteiger partial charge in [-0.3, -0.25) is 4.90 Å². The predicted molar refractivity (Wildman–Crippen MR) is 65.5 cm³/mol. The molecule has 0 fully saturated rings. The van der Waals surface area contributed by atoms with E-state index in [2.05, 4.69) is 35.5 Å². The van der Waals surface area contributed by atoms with Crippen LogP contribution >= 0.6 is 0 Å². The van der Waals surface area contributed by atoms with E-state index in [1.807, 2.05) is 39.2 Å². The van der Waals surface area contributed by atoms with E-state index in [9.17, 15) is 0 Å². The lowest BCUT2D eigenvalue weighted by Crippen LogP contribution is -2.18. The standard InChI is InChI=1S/C14H17N/c1-12(2)10-11-14(15(3)4)13-8-6-5-7-9-13/h5-9,14H,1H2,2-4H3. The van der Waals surface area contributed by atoms with Gasteiger partial charge in [-0.25, -0.2) is 0 Å². The average molecular weight is 199 g/mol. The molecule has 0 aliphatic rings. The molecule has 0 amide bonds. The van der Waals surface area contributed by atoms with Crippen molar-refractivity contribution in [1.29, 1.82) is 0 Å². The van der Waals surface area contributed by atoms with Crippen molar-refractivity contribution in [3.8, 4) is 11.8 Å². The molecule has 1 nitrogen and oxygen atoms in total. The summed E-state index contributed by atoms with van der Waals surface area (Å²) in [4.78, 5) is 2.10. The molecule has 1 aromatic carbocycles. The Hall–Kier alpha value is -1.52. The Labute approximate surface area is 92.4 Å². The van der Waals surface area contributed by atoms with Gasteiger partial charge in [0.25, 0.3) is 0 Å². The third kappa shape index (κ3) is 3.61. The Bertz CT molecular complexity index is 379. The Morgan fingerprint density at radius 2 is 1.87 bits per heavy atom. The Balaban J connectivity index is 2.96. The van der Waals surface area contributed by atoms with Crippen molar-refractivity contribution in [2.24, 2.45) is 0 Å². The van der Waals surface area contributed by atoms with Gasteiger partial charge in [0.1, 0.15) is 0 Å². The van der Waals surface area contributed by atoms with Crippen LogP contribution in [0.1, 0.15) is 18.5 Å². The molecule has 0 aromatic heterocycles. The monoisotopic (exact) mass is 199 g/mol. The van der Waals surface area contributed by atoms with Gasteiger partial charge in [0, 0.05) is 0 Å². The summed E-state index contributed by atoms with van der Waals surface area (Å²) in [6.45, 7) is 5.71. The molecule has 1 unspecified atom stereocenters. The molecule has 0 N–H and O–H groups in total. The first-order valence-electron chi connectivity index (χ1n) is 4.99. The molecule has 1 atom stereocenters. The second-order valence-electron chi connectivity index (χ2n) is 3.83. The molecule has 0 bridgehead atoms. The van der Waals surface area contributed by atoms with Crippen LogP contribution in [-0.4, -0.2) is 19.0 Å². The second kappa shape index (κ2) is 5.38. The molecule has 1 rings (SSSR count). The highest BCUT2D eigenvalue weighted by Crippen LogP contribution is 2.16.